The van der Waals surface area contributed by atoms with Crippen LogP contribution in [0, 0.1) is 0 Å². The third kappa shape index (κ3) is 4.83. The van der Waals surface area contributed by atoms with Crippen LogP contribution in [0.3, 0.4) is 0 Å². The molecule has 1 aromatic carbocycles. The van der Waals surface area contributed by atoms with Crippen LogP contribution in [-0.2, 0) is 13.1 Å². The van der Waals surface area contributed by atoms with E-state index in [4.69, 9.17) is 0 Å². The van der Waals surface area contributed by atoms with Gasteiger partial charge in [0.15, 0.2) is 0 Å². The van der Waals surface area contributed by atoms with E-state index < -0.39 is 0 Å². The minimum absolute atomic E-state index is 0. The van der Waals surface area contributed by atoms with Gasteiger partial charge in [0.05, 0.1) is 6.33 Å². The molecular weight excluding hydrogens is 210 g/mol. The van der Waals surface area contributed by atoms with Gasteiger partial charge in [0.25, 0.3) is 0 Å². The van der Waals surface area contributed by atoms with Crippen LogP contribution in [0.25, 0.3) is 0 Å². The topological polar surface area (TPSA) is 29.9 Å². The molecule has 3 heteroatoms. The monoisotopic (exact) mass is 233 g/mol. The molecule has 0 unspecified atom stereocenters. The second-order valence-corrected chi connectivity index (χ2v) is 3.82. The predicted molar refractivity (Wildman–Crippen MR) is 73.8 cm³/mol. The molecule has 94 valence electrons. The Balaban J connectivity index is 0.00000144. The van der Waals surface area contributed by atoms with Crippen LogP contribution >= 0.6 is 0 Å². The maximum absolute atomic E-state index is 4.01. The molecule has 0 fully saturated rings. The van der Waals surface area contributed by atoms with Crippen molar-refractivity contribution in [3.05, 3.63) is 54.6 Å². The van der Waals surface area contributed by atoms with E-state index in [1.54, 1.807) is 0 Å². The van der Waals surface area contributed by atoms with Crippen molar-refractivity contribution in [2.45, 2.75) is 26.9 Å². The molecule has 0 aliphatic heterocycles. The maximum Gasteiger partial charge on any atom is 0.0945 e. The van der Waals surface area contributed by atoms with E-state index in [-0.39, 0.29) is 8.85 Å². The molecule has 1 aromatic heterocycles. The molecule has 0 aliphatic carbocycles. The SMILES string of the molecule is C.[HH].c1ccc(CNCCCn2ccnc2)cc1. The van der Waals surface area contributed by atoms with Gasteiger partial charge in [-0.2, -0.15) is 0 Å². The highest BCUT2D eigenvalue weighted by molar-refractivity contribution is 5.14. The fourth-order valence-electron chi connectivity index (χ4n) is 1.63. The van der Waals surface area contributed by atoms with Gasteiger partial charge in [-0.05, 0) is 18.5 Å². The summed E-state index contributed by atoms with van der Waals surface area (Å²) in [6, 6.07) is 10.5. The largest absolute Gasteiger partial charge is 0.337 e. The number of aromatic nitrogens is 2. The molecule has 2 aromatic rings. The highest BCUT2D eigenvalue weighted by Gasteiger charge is 1.92. The molecule has 0 radical (unpaired) electrons. The van der Waals surface area contributed by atoms with Crippen LogP contribution in [0.4, 0.5) is 0 Å². The van der Waals surface area contributed by atoms with Gasteiger partial charge in [0, 0.05) is 26.9 Å². The lowest BCUT2D eigenvalue weighted by Crippen LogP contribution is -2.16. The number of imidazole rings is 1. The Morgan fingerprint density at radius 1 is 1.24 bits per heavy atom. The van der Waals surface area contributed by atoms with Crippen LogP contribution in [0.5, 0.6) is 0 Å². The Hall–Kier alpha value is -1.61. The summed E-state index contributed by atoms with van der Waals surface area (Å²) in [6.07, 6.45) is 6.80. The van der Waals surface area contributed by atoms with E-state index in [1.165, 1.54) is 5.56 Å². The minimum Gasteiger partial charge on any atom is -0.337 e. The first-order chi connectivity index (χ1) is 7.95. The molecule has 1 heterocycles. The smallest absolute Gasteiger partial charge is 0.0945 e. The number of nitrogens with one attached hydrogen (secondary N) is 1. The molecule has 2 rings (SSSR count). The van der Waals surface area contributed by atoms with Crippen LogP contribution in [-0.4, -0.2) is 16.1 Å². The fourth-order valence-corrected chi connectivity index (χ4v) is 1.63. The van der Waals surface area contributed by atoms with Crippen LogP contribution in [0.15, 0.2) is 49.1 Å². The zero-order valence-corrected chi connectivity index (χ0v) is 9.34. The summed E-state index contributed by atoms with van der Waals surface area (Å²) in [4.78, 5) is 4.01. The number of benzene rings is 1. The van der Waals surface area contributed by atoms with Gasteiger partial charge >= 0.3 is 0 Å². The molecular formula is C14H23N3. The van der Waals surface area contributed by atoms with Gasteiger partial charge < -0.3 is 9.88 Å². The Bertz CT molecular complexity index is 387. The summed E-state index contributed by atoms with van der Waals surface area (Å²) in [5, 5.41) is 3.43. The molecule has 1 N–H and O–H groups in total. The van der Waals surface area contributed by atoms with Crippen molar-refractivity contribution in [1.82, 2.24) is 14.9 Å². The zero-order chi connectivity index (χ0) is 11.1. The van der Waals surface area contributed by atoms with E-state index in [1.807, 2.05) is 24.8 Å². The number of nitrogens with zero attached hydrogens (tertiary/aromatic N) is 2. The van der Waals surface area contributed by atoms with Crippen molar-refractivity contribution >= 4 is 0 Å². The first-order valence-electron chi connectivity index (χ1n) is 5.65. The van der Waals surface area contributed by atoms with Crippen molar-refractivity contribution in [2.75, 3.05) is 6.54 Å². The second kappa shape index (κ2) is 7.63. The molecule has 0 spiro atoms. The number of hydrogen-bond acceptors (Lipinski definition) is 2. The number of rotatable bonds is 6. The van der Waals surface area contributed by atoms with Crippen molar-refractivity contribution < 1.29 is 1.43 Å². The molecule has 0 bridgehead atoms. The van der Waals surface area contributed by atoms with Gasteiger partial charge in [-0.3, -0.25) is 0 Å². The number of hydrogen-bond donors (Lipinski definition) is 1. The standard InChI is InChI=1S/C13H17N3.CH4.H2/c1-2-5-13(6-3-1)11-14-7-4-9-16-10-8-15-12-16;;/h1-3,5-6,8,10,12,14H,4,7,9,11H2;1H4;1H. The second-order valence-electron chi connectivity index (χ2n) is 3.82. The molecule has 0 aliphatic rings. The highest BCUT2D eigenvalue weighted by atomic mass is 15.0. The van der Waals surface area contributed by atoms with E-state index in [2.05, 4.69) is 39.1 Å². The van der Waals surface area contributed by atoms with Gasteiger partial charge in [0.2, 0.25) is 0 Å². The highest BCUT2D eigenvalue weighted by Crippen LogP contribution is 1.97. The lowest BCUT2D eigenvalue weighted by Gasteiger charge is -2.05. The Labute approximate surface area is 105 Å². The Kier molecular flexibility index (Phi) is 6.04. The molecule has 0 amide bonds. The Morgan fingerprint density at radius 2 is 2.06 bits per heavy atom. The van der Waals surface area contributed by atoms with Crippen LogP contribution < -0.4 is 5.32 Å². The molecule has 0 saturated heterocycles. The summed E-state index contributed by atoms with van der Waals surface area (Å²) < 4.78 is 2.10. The minimum atomic E-state index is 0. The van der Waals surface area contributed by atoms with Gasteiger partial charge in [-0.1, -0.05) is 37.8 Å². The number of aryl methyl sites for hydroxylation is 1. The van der Waals surface area contributed by atoms with Gasteiger partial charge in [-0.25, -0.2) is 4.98 Å². The van der Waals surface area contributed by atoms with E-state index in [0.717, 1.165) is 26.1 Å². The summed E-state index contributed by atoms with van der Waals surface area (Å²) in [7, 11) is 0. The Morgan fingerprint density at radius 3 is 2.76 bits per heavy atom. The summed E-state index contributed by atoms with van der Waals surface area (Å²) in [5.74, 6) is 0. The maximum atomic E-state index is 4.01. The fraction of sp³-hybridized carbons (Fsp3) is 0.357. The van der Waals surface area contributed by atoms with E-state index in [9.17, 15) is 0 Å². The van der Waals surface area contributed by atoms with Crippen molar-refractivity contribution in [2.24, 2.45) is 0 Å². The van der Waals surface area contributed by atoms with E-state index >= 15 is 0 Å². The lowest BCUT2D eigenvalue weighted by atomic mass is 10.2. The average molecular weight is 233 g/mol. The first-order valence-corrected chi connectivity index (χ1v) is 5.65. The average Bonchev–Trinajstić information content (AvgIpc) is 2.83. The van der Waals surface area contributed by atoms with Gasteiger partial charge in [0.1, 0.15) is 0 Å². The normalized spacial score (nSPS) is 9.88. The van der Waals surface area contributed by atoms with Crippen LogP contribution in [0.1, 0.15) is 20.8 Å². The summed E-state index contributed by atoms with van der Waals surface area (Å²) >= 11 is 0. The van der Waals surface area contributed by atoms with Crippen molar-refractivity contribution in [3.8, 4) is 0 Å². The van der Waals surface area contributed by atoms with Crippen LogP contribution in [0.2, 0.25) is 0 Å². The van der Waals surface area contributed by atoms with Crippen molar-refractivity contribution in [1.29, 1.82) is 0 Å². The van der Waals surface area contributed by atoms with E-state index in [0.29, 0.717) is 0 Å². The predicted octanol–water partition coefficient (Wildman–Crippen LogP) is 2.95. The zero-order valence-electron chi connectivity index (χ0n) is 9.34. The quantitative estimate of drug-likeness (QED) is 0.777. The third-order valence-electron chi connectivity index (χ3n) is 2.50. The first kappa shape index (κ1) is 13.5. The third-order valence-corrected chi connectivity index (χ3v) is 2.50. The molecule has 0 saturated carbocycles. The van der Waals surface area contributed by atoms with Crippen molar-refractivity contribution in [3.63, 3.8) is 0 Å². The molecule has 17 heavy (non-hydrogen) atoms. The summed E-state index contributed by atoms with van der Waals surface area (Å²) in [5.41, 5.74) is 1.34. The lowest BCUT2D eigenvalue weighted by molar-refractivity contribution is 0.581. The van der Waals surface area contributed by atoms with Gasteiger partial charge in [-0.15, -0.1) is 0 Å². The molecule has 0 atom stereocenters. The summed E-state index contributed by atoms with van der Waals surface area (Å²) in [6.45, 7) is 3.01. The molecule has 3 nitrogen and oxygen atoms in total.